The number of hydrogen-bond acceptors (Lipinski definition) is 4. The first-order chi connectivity index (χ1) is 11.2. The van der Waals surface area contributed by atoms with E-state index in [4.69, 9.17) is 4.74 Å². The fourth-order valence-electron chi connectivity index (χ4n) is 2.20. The van der Waals surface area contributed by atoms with Crippen LogP contribution in [0.25, 0.3) is 16.3 Å². The molecule has 4 nitrogen and oxygen atoms in total. The van der Waals surface area contributed by atoms with E-state index in [2.05, 4.69) is 10.3 Å². The fraction of sp³-hybridized carbons (Fsp3) is 0.111. The summed E-state index contributed by atoms with van der Waals surface area (Å²) in [6, 6.07) is 13.5. The average molecular weight is 324 g/mol. The van der Waals surface area contributed by atoms with Gasteiger partial charge in [0.15, 0.2) is 5.13 Å². The van der Waals surface area contributed by atoms with Crippen LogP contribution in [0.3, 0.4) is 0 Å². The highest BCUT2D eigenvalue weighted by molar-refractivity contribution is 7.22. The number of nitrogens with one attached hydrogen (secondary N) is 1. The van der Waals surface area contributed by atoms with Gasteiger partial charge in [0.25, 0.3) is 0 Å². The number of carbonyl (C=O) groups is 1. The van der Waals surface area contributed by atoms with Crippen LogP contribution in [0.5, 0.6) is 5.75 Å². The predicted octanol–water partition coefficient (Wildman–Crippen LogP) is 4.27. The summed E-state index contributed by atoms with van der Waals surface area (Å²) in [6.07, 6.45) is 3.24. The number of rotatable bonds is 4. The van der Waals surface area contributed by atoms with Crippen molar-refractivity contribution in [2.75, 3.05) is 12.4 Å². The van der Waals surface area contributed by atoms with E-state index in [0.29, 0.717) is 5.13 Å². The summed E-state index contributed by atoms with van der Waals surface area (Å²) in [6.45, 7) is 2.01. The molecule has 1 amide bonds. The Morgan fingerprint density at radius 2 is 2.09 bits per heavy atom. The number of aryl methyl sites for hydroxylation is 1. The van der Waals surface area contributed by atoms with Crippen molar-refractivity contribution in [2.24, 2.45) is 0 Å². The van der Waals surface area contributed by atoms with Crippen molar-refractivity contribution in [3.63, 3.8) is 0 Å². The summed E-state index contributed by atoms with van der Waals surface area (Å²) in [5.41, 5.74) is 2.94. The average Bonchev–Trinajstić information content (AvgIpc) is 2.97. The number of thiazole rings is 1. The van der Waals surface area contributed by atoms with E-state index in [1.54, 1.807) is 13.2 Å². The van der Waals surface area contributed by atoms with Crippen LogP contribution in [0.1, 0.15) is 11.1 Å². The molecule has 3 aromatic rings. The quantitative estimate of drug-likeness (QED) is 0.729. The summed E-state index contributed by atoms with van der Waals surface area (Å²) in [4.78, 5) is 16.5. The third kappa shape index (κ3) is 3.57. The number of methoxy groups -OCH3 is 1. The molecule has 1 N–H and O–H groups in total. The van der Waals surface area contributed by atoms with Crippen molar-refractivity contribution in [3.8, 4) is 5.75 Å². The first-order valence-corrected chi connectivity index (χ1v) is 7.96. The molecule has 1 aromatic heterocycles. The van der Waals surface area contributed by atoms with Crippen molar-refractivity contribution in [3.05, 3.63) is 59.7 Å². The van der Waals surface area contributed by atoms with Crippen molar-refractivity contribution in [1.29, 1.82) is 0 Å². The molecule has 0 bridgehead atoms. The van der Waals surface area contributed by atoms with E-state index in [9.17, 15) is 4.79 Å². The standard InChI is InChI=1S/C18H16N2O2S/c1-12-5-3-8-15-17(12)20-18(23-15)19-16(21)10-9-13-6-4-7-14(11-13)22-2/h3-11H,1-2H3,(H,19,20,21). The molecule has 0 aliphatic carbocycles. The number of anilines is 1. The monoisotopic (exact) mass is 324 g/mol. The van der Waals surface area contributed by atoms with E-state index >= 15 is 0 Å². The molecular formula is C18H16N2O2S. The number of amides is 1. The van der Waals surface area contributed by atoms with Gasteiger partial charge in [-0.3, -0.25) is 10.1 Å². The second-order valence-corrected chi connectivity index (χ2v) is 6.07. The molecule has 5 heteroatoms. The number of nitrogens with zero attached hydrogens (tertiary/aromatic N) is 1. The van der Waals surface area contributed by atoms with Crippen LogP contribution < -0.4 is 10.1 Å². The summed E-state index contributed by atoms with van der Waals surface area (Å²) >= 11 is 1.47. The molecule has 0 saturated carbocycles. The number of fused-ring (bicyclic) bond motifs is 1. The van der Waals surface area contributed by atoms with Gasteiger partial charge in [0.05, 0.1) is 17.3 Å². The lowest BCUT2D eigenvalue weighted by Gasteiger charge is -2.00. The van der Waals surface area contributed by atoms with Crippen molar-refractivity contribution in [2.45, 2.75) is 6.92 Å². The Bertz CT molecular complexity index is 884. The Balaban J connectivity index is 1.72. The molecule has 0 unspecified atom stereocenters. The maximum absolute atomic E-state index is 12.0. The Morgan fingerprint density at radius 1 is 1.26 bits per heavy atom. The summed E-state index contributed by atoms with van der Waals surface area (Å²) < 4.78 is 6.23. The van der Waals surface area contributed by atoms with Gasteiger partial charge in [0, 0.05) is 6.08 Å². The molecule has 2 aromatic carbocycles. The lowest BCUT2D eigenvalue weighted by atomic mass is 10.2. The maximum atomic E-state index is 12.0. The van der Waals surface area contributed by atoms with Crippen LogP contribution in [0.4, 0.5) is 5.13 Å². The SMILES string of the molecule is COc1cccc(C=CC(=O)Nc2nc3c(C)cccc3s2)c1. The minimum atomic E-state index is -0.204. The lowest BCUT2D eigenvalue weighted by Crippen LogP contribution is -2.07. The number of carbonyl (C=O) groups excluding carboxylic acids is 1. The first kappa shape index (κ1) is 15.2. The van der Waals surface area contributed by atoms with E-state index in [-0.39, 0.29) is 5.91 Å². The Kier molecular flexibility index (Phi) is 4.39. The number of benzene rings is 2. The molecule has 3 rings (SSSR count). The van der Waals surface area contributed by atoms with Gasteiger partial charge < -0.3 is 4.74 Å². The molecule has 116 valence electrons. The van der Waals surface area contributed by atoms with Crippen LogP contribution in [0.15, 0.2) is 48.5 Å². The fourth-order valence-corrected chi connectivity index (χ4v) is 3.15. The number of para-hydroxylation sites is 1. The van der Waals surface area contributed by atoms with E-state index in [0.717, 1.165) is 27.1 Å². The smallest absolute Gasteiger partial charge is 0.250 e. The maximum Gasteiger partial charge on any atom is 0.250 e. The van der Waals surface area contributed by atoms with Gasteiger partial charge in [-0.25, -0.2) is 4.98 Å². The molecule has 0 aliphatic rings. The van der Waals surface area contributed by atoms with E-state index < -0.39 is 0 Å². The van der Waals surface area contributed by atoms with Crippen molar-refractivity contribution < 1.29 is 9.53 Å². The molecule has 0 radical (unpaired) electrons. The second-order valence-electron chi connectivity index (χ2n) is 5.04. The first-order valence-electron chi connectivity index (χ1n) is 7.15. The van der Waals surface area contributed by atoms with Gasteiger partial charge in [-0.2, -0.15) is 0 Å². The zero-order valence-corrected chi connectivity index (χ0v) is 13.7. The summed E-state index contributed by atoms with van der Waals surface area (Å²) in [5.74, 6) is 0.554. The Hall–Kier alpha value is -2.66. The molecule has 1 heterocycles. The summed E-state index contributed by atoms with van der Waals surface area (Å²) in [5, 5.41) is 3.41. The highest BCUT2D eigenvalue weighted by Gasteiger charge is 2.07. The van der Waals surface area contributed by atoms with Crippen LogP contribution in [-0.2, 0) is 4.79 Å². The van der Waals surface area contributed by atoms with Crippen LogP contribution in [0, 0.1) is 6.92 Å². The van der Waals surface area contributed by atoms with Gasteiger partial charge in [0.2, 0.25) is 5.91 Å². The predicted molar refractivity (Wildman–Crippen MR) is 95.0 cm³/mol. The zero-order valence-electron chi connectivity index (χ0n) is 12.9. The van der Waals surface area contributed by atoms with Crippen molar-refractivity contribution in [1.82, 2.24) is 4.98 Å². The van der Waals surface area contributed by atoms with Crippen LogP contribution in [0.2, 0.25) is 0 Å². The Labute approximate surface area is 138 Å². The molecule has 0 aliphatic heterocycles. The molecule has 0 fully saturated rings. The topological polar surface area (TPSA) is 51.2 Å². The Morgan fingerprint density at radius 3 is 2.87 bits per heavy atom. The highest BCUT2D eigenvalue weighted by atomic mass is 32.1. The van der Waals surface area contributed by atoms with Crippen LogP contribution >= 0.6 is 11.3 Å². The van der Waals surface area contributed by atoms with E-state index in [1.807, 2.05) is 49.4 Å². The zero-order chi connectivity index (χ0) is 16.2. The van der Waals surface area contributed by atoms with Crippen molar-refractivity contribution >= 4 is 38.7 Å². The second kappa shape index (κ2) is 6.62. The third-order valence-corrected chi connectivity index (χ3v) is 4.31. The van der Waals surface area contributed by atoms with Crippen LogP contribution in [-0.4, -0.2) is 18.0 Å². The molecule has 0 spiro atoms. The number of hydrogen-bond donors (Lipinski definition) is 1. The minimum Gasteiger partial charge on any atom is -0.497 e. The molecule has 23 heavy (non-hydrogen) atoms. The normalized spacial score (nSPS) is 11.0. The van der Waals surface area contributed by atoms with E-state index in [1.165, 1.54) is 17.4 Å². The lowest BCUT2D eigenvalue weighted by molar-refractivity contribution is -0.111. The molecule has 0 saturated heterocycles. The van der Waals surface area contributed by atoms with Gasteiger partial charge in [-0.05, 0) is 42.3 Å². The third-order valence-electron chi connectivity index (χ3n) is 3.37. The van der Waals surface area contributed by atoms with Gasteiger partial charge in [-0.15, -0.1) is 0 Å². The van der Waals surface area contributed by atoms with Gasteiger partial charge >= 0.3 is 0 Å². The van der Waals surface area contributed by atoms with Gasteiger partial charge in [0.1, 0.15) is 5.75 Å². The molecular weight excluding hydrogens is 308 g/mol. The molecule has 0 atom stereocenters. The highest BCUT2D eigenvalue weighted by Crippen LogP contribution is 2.27. The number of aromatic nitrogens is 1. The summed E-state index contributed by atoms with van der Waals surface area (Å²) in [7, 11) is 1.62. The number of ether oxygens (including phenoxy) is 1. The minimum absolute atomic E-state index is 0.204. The van der Waals surface area contributed by atoms with Gasteiger partial charge in [-0.1, -0.05) is 35.6 Å². The largest absolute Gasteiger partial charge is 0.497 e.